The Labute approximate surface area is 117 Å². The fraction of sp³-hybridized carbons (Fsp3) is 0.200. The Morgan fingerprint density at radius 3 is 2.60 bits per heavy atom. The molecule has 2 N–H and O–H groups in total. The van der Waals surface area contributed by atoms with Gasteiger partial charge in [-0.1, -0.05) is 36.4 Å². The van der Waals surface area contributed by atoms with E-state index in [1.807, 2.05) is 30.3 Å². The lowest BCUT2D eigenvalue weighted by atomic mass is 10.2. The number of aliphatic hydroxyl groups is 1. The molecule has 2 aromatic rings. The topological polar surface area (TPSA) is 71.5 Å². The lowest BCUT2D eigenvalue weighted by Gasteiger charge is -2.07. The summed E-state index contributed by atoms with van der Waals surface area (Å²) in [7, 11) is 0. The van der Waals surface area contributed by atoms with Crippen LogP contribution in [0.1, 0.15) is 17.0 Å². The number of aromatic nitrogens is 1. The third kappa shape index (κ3) is 4.37. The Morgan fingerprint density at radius 1 is 1.10 bits per heavy atom. The van der Waals surface area contributed by atoms with Crippen LogP contribution in [0.25, 0.3) is 0 Å². The van der Waals surface area contributed by atoms with Gasteiger partial charge in [0.05, 0.1) is 24.5 Å². The van der Waals surface area contributed by atoms with Crippen LogP contribution in [-0.4, -0.2) is 16.2 Å². The van der Waals surface area contributed by atoms with Crippen molar-refractivity contribution in [2.45, 2.75) is 19.8 Å². The van der Waals surface area contributed by atoms with Crippen molar-refractivity contribution in [2.75, 3.05) is 0 Å². The molecule has 0 fully saturated rings. The standard InChI is InChI=1S/C15H16N2O3/c18-10-14-8-4-7-13(17-14)9-16-15(19)20-11-12-5-2-1-3-6-12/h1-8,18H,9-11H2,(H,16,19). The Bertz CT molecular complexity index is 558. The number of carbonyl (C=O) groups excluding carboxylic acids is 1. The fourth-order valence-electron chi connectivity index (χ4n) is 1.65. The first-order chi connectivity index (χ1) is 9.78. The highest BCUT2D eigenvalue weighted by Gasteiger charge is 2.03. The molecule has 0 aliphatic heterocycles. The van der Waals surface area contributed by atoms with Crippen molar-refractivity contribution in [3.8, 4) is 0 Å². The molecule has 1 heterocycles. The molecular weight excluding hydrogens is 256 g/mol. The zero-order chi connectivity index (χ0) is 14.2. The summed E-state index contributed by atoms with van der Waals surface area (Å²) in [6.45, 7) is 0.380. The number of hydrogen-bond donors (Lipinski definition) is 2. The molecule has 0 radical (unpaired) electrons. The van der Waals surface area contributed by atoms with E-state index in [9.17, 15) is 4.79 Å². The molecule has 2 rings (SSSR count). The Hall–Kier alpha value is -2.40. The maximum Gasteiger partial charge on any atom is 0.407 e. The van der Waals surface area contributed by atoms with E-state index < -0.39 is 6.09 Å². The summed E-state index contributed by atoms with van der Waals surface area (Å²) in [4.78, 5) is 15.7. The minimum Gasteiger partial charge on any atom is -0.445 e. The summed E-state index contributed by atoms with van der Waals surface area (Å²) >= 11 is 0. The van der Waals surface area contributed by atoms with Gasteiger partial charge in [0.1, 0.15) is 6.61 Å². The Balaban J connectivity index is 1.77. The van der Waals surface area contributed by atoms with Crippen molar-refractivity contribution < 1.29 is 14.6 Å². The lowest BCUT2D eigenvalue weighted by Crippen LogP contribution is -2.24. The smallest absolute Gasteiger partial charge is 0.407 e. The maximum absolute atomic E-state index is 11.5. The average molecular weight is 272 g/mol. The second kappa shape index (κ2) is 7.25. The molecule has 0 bridgehead atoms. The number of aliphatic hydroxyl groups excluding tert-OH is 1. The van der Waals surface area contributed by atoms with Gasteiger partial charge in [-0.3, -0.25) is 4.98 Å². The van der Waals surface area contributed by atoms with Gasteiger partial charge in [0.25, 0.3) is 0 Å². The first-order valence-electron chi connectivity index (χ1n) is 6.28. The van der Waals surface area contributed by atoms with E-state index >= 15 is 0 Å². The quantitative estimate of drug-likeness (QED) is 0.873. The van der Waals surface area contributed by atoms with E-state index in [2.05, 4.69) is 10.3 Å². The lowest BCUT2D eigenvalue weighted by molar-refractivity contribution is 0.139. The number of nitrogens with one attached hydrogen (secondary N) is 1. The van der Waals surface area contributed by atoms with Gasteiger partial charge in [-0.25, -0.2) is 4.79 Å². The molecular formula is C15H16N2O3. The Morgan fingerprint density at radius 2 is 1.85 bits per heavy atom. The SMILES string of the molecule is O=C(NCc1cccc(CO)n1)OCc1ccccc1. The molecule has 1 amide bonds. The van der Waals surface area contributed by atoms with Gasteiger partial charge in [0.2, 0.25) is 0 Å². The van der Waals surface area contributed by atoms with Gasteiger partial charge in [0.15, 0.2) is 0 Å². The molecule has 0 spiro atoms. The molecule has 104 valence electrons. The molecule has 20 heavy (non-hydrogen) atoms. The number of pyridine rings is 1. The number of ether oxygens (including phenoxy) is 1. The second-order valence-electron chi connectivity index (χ2n) is 4.19. The highest BCUT2D eigenvalue weighted by atomic mass is 16.5. The molecule has 0 aliphatic carbocycles. The number of nitrogens with zero attached hydrogens (tertiary/aromatic N) is 1. The van der Waals surface area contributed by atoms with Crippen LogP contribution in [0.15, 0.2) is 48.5 Å². The van der Waals surface area contributed by atoms with Gasteiger partial charge in [-0.05, 0) is 17.7 Å². The number of hydrogen-bond acceptors (Lipinski definition) is 4. The monoisotopic (exact) mass is 272 g/mol. The molecule has 5 nitrogen and oxygen atoms in total. The van der Waals surface area contributed by atoms with Crippen molar-refractivity contribution in [3.63, 3.8) is 0 Å². The number of carbonyl (C=O) groups is 1. The van der Waals surface area contributed by atoms with E-state index in [0.717, 1.165) is 5.56 Å². The molecule has 0 saturated heterocycles. The van der Waals surface area contributed by atoms with E-state index in [1.54, 1.807) is 18.2 Å². The summed E-state index contributed by atoms with van der Waals surface area (Å²) in [5.74, 6) is 0. The van der Waals surface area contributed by atoms with E-state index in [1.165, 1.54) is 0 Å². The van der Waals surface area contributed by atoms with Crippen molar-refractivity contribution in [1.82, 2.24) is 10.3 Å². The third-order valence-corrected chi connectivity index (χ3v) is 2.65. The molecule has 0 saturated carbocycles. The van der Waals surface area contributed by atoms with Crippen LogP contribution < -0.4 is 5.32 Å². The maximum atomic E-state index is 11.5. The number of rotatable bonds is 5. The predicted octanol–water partition coefficient (Wildman–Crippen LogP) is 2.00. The first kappa shape index (κ1) is 14.0. The summed E-state index contributed by atoms with van der Waals surface area (Å²) in [5, 5.41) is 11.6. The van der Waals surface area contributed by atoms with Gasteiger partial charge in [0, 0.05) is 0 Å². The summed E-state index contributed by atoms with van der Waals surface area (Å²) in [5.41, 5.74) is 2.18. The van der Waals surface area contributed by atoms with Crippen molar-refractivity contribution in [2.24, 2.45) is 0 Å². The van der Waals surface area contributed by atoms with Crippen molar-refractivity contribution in [1.29, 1.82) is 0 Å². The highest BCUT2D eigenvalue weighted by Crippen LogP contribution is 2.02. The molecule has 0 aliphatic rings. The van der Waals surface area contributed by atoms with Crippen LogP contribution in [0.5, 0.6) is 0 Å². The second-order valence-corrected chi connectivity index (χ2v) is 4.19. The zero-order valence-electron chi connectivity index (χ0n) is 11.0. The van der Waals surface area contributed by atoms with Crippen molar-refractivity contribution in [3.05, 3.63) is 65.5 Å². The summed E-state index contributed by atoms with van der Waals surface area (Å²) < 4.78 is 5.08. The van der Waals surface area contributed by atoms with Crippen LogP contribution in [0.2, 0.25) is 0 Å². The van der Waals surface area contributed by atoms with Crippen LogP contribution in [0.3, 0.4) is 0 Å². The molecule has 0 atom stereocenters. The molecule has 1 aromatic heterocycles. The van der Waals surface area contributed by atoms with Gasteiger partial charge in [-0.15, -0.1) is 0 Å². The summed E-state index contributed by atoms with van der Waals surface area (Å²) in [6.07, 6.45) is -0.495. The van der Waals surface area contributed by atoms with E-state index in [4.69, 9.17) is 9.84 Å². The number of benzene rings is 1. The van der Waals surface area contributed by atoms with Crippen LogP contribution in [0.4, 0.5) is 4.79 Å². The highest BCUT2D eigenvalue weighted by molar-refractivity contribution is 5.67. The normalized spacial score (nSPS) is 10.1. The van der Waals surface area contributed by atoms with Gasteiger partial charge >= 0.3 is 6.09 Å². The predicted molar refractivity (Wildman–Crippen MR) is 73.6 cm³/mol. The fourth-order valence-corrected chi connectivity index (χ4v) is 1.65. The summed E-state index contributed by atoms with van der Waals surface area (Å²) in [6, 6.07) is 14.7. The van der Waals surface area contributed by atoms with E-state index in [0.29, 0.717) is 11.4 Å². The van der Waals surface area contributed by atoms with Crippen molar-refractivity contribution >= 4 is 6.09 Å². The minimum absolute atomic E-state index is 0.119. The number of alkyl carbamates (subject to hydrolysis) is 1. The van der Waals surface area contributed by atoms with E-state index in [-0.39, 0.29) is 19.8 Å². The van der Waals surface area contributed by atoms with Crippen LogP contribution in [-0.2, 0) is 24.5 Å². The number of amides is 1. The molecule has 0 unspecified atom stereocenters. The largest absolute Gasteiger partial charge is 0.445 e. The molecule has 5 heteroatoms. The Kier molecular flexibility index (Phi) is 5.08. The van der Waals surface area contributed by atoms with Crippen LogP contribution in [0, 0.1) is 0 Å². The minimum atomic E-state index is -0.495. The van der Waals surface area contributed by atoms with Gasteiger partial charge < -0.3 is 15.2 Å². The average Bonchev–Trinajstić information content (AvgIpc) is 2.52. The van der Waals surface area contributed by atoms with Crippen LogP contribution >= 0.6 is 0 Å². The third-order valence-electron chi connectivity index (χ3n) is 2.65. The molecule has 1 aromatic carbocycles. The van der Waals surface area contributed by atoms with Gasteiger partial charge in [-0.2, -0.15) is 0 Å². The first-order valence-corrected chi connectivity index (χ1v) is 6.28. The zero-order valence-corrected chi connectivity index (χ0v) is 11.0.